The monoisotopic (exact) mass is 346 g/mol. The molecule has 26 heavy (non-hydrogen) atoms. The van der Waals surface area contributed by atoms with E-state index in [9.17, 15) is 4.79 Å². The second kappa shape index (κ2) is 7.88. The van der Waals surface area contributed by atoms with E-state index >= 15 is 0 Å². The number of nitrogens with one attached hydrogen (secondary N) is 1. The van der Waals surface area contributed by atoms with E-state index in [0.717, 1.165) is 37.3 Å². The molecule has 0 bridgehead atoms. The molecule has 0 aliphatic carbocycles. The quantitative estimate of drug-likeness (QED) is 0.886. The molecule has 0 saturated carbocycles. The minimum atomic E-state index is 0.125. The van der Waals surface area contributed by atoms with Crippen LogP contribution >= 0.6 is 0 Å². The first-order chi connectivity index (χ1) is 12.8. The molecule has 3 heteroatoms. The number of amides is 1. The summed E-state index contributed by atoms with van der Waals surface area (Å²) < 4.78 is 0. The molecular weight excluding hydrogens is 320 g/mol. The van der Waals surface area contributed by atoms with Gasteiger partial charge in [0.15, 0.2) is 0 Å². The number of hydrogen-bond acceptors (Lipinski definition) is 2. The number of carbonyl (C=O) groups excluding carboxylic acids is 1. The molecule has 134 valence electrons. The van der Waals surface area contributed by atoms with Gasteiger partial charge in [-0.3, -0.25) is 9.69 Å². The van der Waals surface area contributed by atoms with Gasteiger partial charge in [0, 0.05) is 18.7 Å². The minimum Gasteiger partial charge on any atom is -0.326 e. The number of aryl methyl sites for hydroxylation is 1. The summed E-state index contributed by atoms with van der Waals surface area (Å²) in [6.45, 7) is 3.30. The van der Waals surface area contributed by atoms with Gasteiger partial charge >= 0.3 is 0 Å². The zero-order valence-electron chi connectivity index (χ0n) is 15.2. The summed E-state index contributed by atoms with van der Waals surface area (Å²) in [6, 6.07) is 17.3. The first kappa shape index (κ1) is 17.0. The van der Waals surface area contributed by atoms with Crippen LogP contribution in [0.3, 0.4) is 0 Å². The maximum absolute atomic E-state index is 11.6. The van der Waals surface area contributed by atoms with Gasteiger partial charge in [-0.25, -0.2) is 0 Å². The van der Waals surface area contributed by atoms with Crippen LogP contribution < -0.4 is 5.32 Å². The summed E-state index contributed by atoms with van der Waals surface area (Å²) in [5.74, 6) is 0.834. The number of piperidine rings is 1. The number of fused-ring (bicyclic) bond motifs is 1. The second-order valence-electron chi connectivity index (χ2n) is 7.35. The molecule has 1 saturated heterocycles. The smallest absolute Gasteiger partial charge is 0.224 e. The largest absolute Gasteiger partial charge is 0.326 e. The number of rotatable bonds is 4. The lowest BCUT2D eigenvalue weighted by Gasteiger charge is -2.31. The van der Waals surface area contributed by atoms with E-state index in [1.165, 1.54) is 24.0 Å². The number of nitrogens with zero attached hydrogens (tertiary/aromatic N) is 1. The molecule has 2 aromatic carbocycles. The Balaban J connectivity index is 1.30. The van der Waals surface area contributed by atoms with Crippen LogP contribution in [0.2, 0.25) is 0 Å². The molecule has 1 amide bonds. The molecule has 2 aliphatic rings. The maximum atomic E-state index is 11.6. The van der Waals surface area contributed by atoms with Gasteiger partial charge in [-0.1, -0.05) is 54.6 Å². The number of anilines is 1. The normalized spacial score (nSPS) is 18.7. The van der Waals surface area contributed by atoms with E-state index in [1.807, 2.05) is 0 Å². The highest BCUT2D eigenvalue weighted by molar-refractivity contribution is 5.94. The van der Waals surface area contributed by atoms with Gasteiger partial charge in [-0.15, -0.1) is 0 Å². The van der Waals surface area contributed by atoms with Crippen LogP contribution in [0.5, 0.6) is 0 Å². The number of hydrogen-bond donors (Lipinski definition) is 1. The topological polar surface area (TPSA) is 32.3 Å². The van der Waals surface area contributed by atoms with Crippen LogP contribution in [0.4, 0.5) is 5.69 Å². The highest BCUT2D eigenvalue weighted by Crippen LogP contribution is 2.28. The fraction of sp³-hybridized carbons (Fsp3) is 0.348. The molecule has 0 aromatic heterocycles. The van der Waals surface area contributed by atoms with Crippen molar-refractivity contribution in [3.8, 4) is 0 Å². The molecule has 2 heterocycles. The van der Waals surface area contributed by atoms with Crippen LogP contribution in [0.25, 0.3) is 6.08 Å². The van der Waals surface area contributed by atoms with Crippen LogP contribution in [0, 0.1) is 0 Å². The number of benzene rings is 2. The minimum absolute atomic E-state index is 0.125. The van der Waals surface area contributed by atoms with Gasteiger partial charge in [0.1, 0.15) is 0 Å². The van der Waals surface area contributed by atoms with Crippen molar-refractivity contribution in [2.24, 2.45) is 0 Å². The predicted octanol–water partition coefficient (Wildman–Crippen LogP) is 4.46. The van der Waals surface area contributed by atoms with Crippen LogP contribution in [0.15, 0.2) is 54.6 Å². The van der Waals surface area contributed by atoms with E-state index in [0.29, 0.717) is 12.3 Å². The molecule has 0 radical (unpaired) electrons. The predicted molar refractivity (Wildman–Crippen MR) is 107 cm³/mol. The second-order valence-corrected chi connectivity index (χ2v) is 7.35. The molecular formula is C23H26N2O. The number of carbonyl (C=O) groups is 1. The Kier molecular flexibility index (Phi) is 5.16. The van der Waals surface area contributed by atoms with Crippen LogP contribution in [-0.4, -0.2) is 30.4 Å². The fourth-order valence-corrected chi connectivity index (χ4v) is 4.00. The van der Waals surface area contributed by atoms with E-state index in [2.05, 4.69) is 70.9 Å². The molecule has 1 N–H and O–H groups in total. The SMILES string of the molecule is O=C1CCc2ccc(/C=C/CN3CCC(c4ccccc4)CC3)cc2N1. The zero-order valence-corrected chi connectivity index (χ0v) is 15.2. The molecule has 0 atom stereocenters. The molecule has 1 fully saturated rings. The van der Waals surface area contributed by atoms with Gasteiger partial charge in [0.25, 0.3) is 0 Å². The maximum Gasteiger partial charge on any atom is 0.224 e. The Labute approximate surface area is 155 Å². The third kappa shape index (κ3) is 4.05. The lowest BCUT2D eigenvalue weighted by Crippen LogP contribution is -2.32. The van der Waals surface area contributed by atoms with Crippen molar-refractivity contribution >= 4 is 17.7 Å². The highest BCUT2D eigenvalue weighted by atomic mass is 16.1. The van der Waals surface area contributed by atoms with Crippen molar-refractivity contribution in [1.29, 1.82) is 0 Å². The average Bonchev–Trinajstić information content (AvgIpc) is 2.69. The van der Waals surface area contributed by atoms with E-state index in [4.69, 9.17) is 0 Å². The Hall–Kier alpha value is -2.39. The average molecular weight is 346 g/mol. The van der Waals surface area contributed by atoms with Gasteiger partial charge in [0.05, 0.1) is 0 Å². The van der Waals surface area contributed by atoms with Gasteiger partial charge < -0.3 is 5.32 Å². The Bertz CT molecular complexity index is 789. The Morgan fingerprint density at radius 1 is 1.04 bits per heavy atom. The molecule has 0 spiro atoms. The lowest BCUT2D eigenvalue weighted by atomic mass is 9.89. The van der Waals surface area contributed by atoms with Crippen molar-refractivity contribution < 1.29 is 4.79 Å². The Morgan fingerprint density at radius 3 is 2.65 bits per heavy atom. The van der Waals surface area contributed by atoms with Crippen molar-refractivity contribution in [2.45, 2.75) is 31.6 Å². The van der Waals surface area contributed by atoms with Crippen molar-refractivity contribution in [3.63, 3.8) is 0 Å². The molecule has 3 nitrogen and oxygen atoms in total. The fourth-order valence-electron chi connectivity index (χ4n) is 4.00. The molecule has 2 aromatic rings. The van der Waals surface area contributed by atoms with Crippen LogP contribution in [-0.2, 0) is 11.2 Å². The highest BCUT2D eigenvalue weighted by Gasteiger charge is 2.19. The summed E-state index contributed by atoms with van der Waals surface area (Å²) in [7, 11) is 0. The summed E-state index contributed by atoms with van der Waals surface area (Å²) in [5.41, 5.74) is 4.86. The van der Waals surface area contributed by atoms with E-state index in [1.54, 1.807) is 0 Å². The number of likely N-dealkylation sites (tertiary alicyclic amines) is 1. The first-order valence-corrected chi connectivity index (χ1v) is 9.64. The van der Waals surface area contributed by atoms with E-state index < -0.39 is 0 Å². The standard InChI is InChI=1S/C23H26N2O/c26-23-11-10-21-9-8-18(17-22(21)24-23)5-4-14-25-15-12-20(13-16-25)19-6-2-1-3-7-19/h1-9,17,20H,10-16H2,(H,24,26)/b5-4+. The zero-order chi connectivity index (χ0) is 17.8. The van der Waals surface area contributed by atoms with E-state index in [-0.39, 0.29) is 5.91 Å². The summed E-state index contributed by atoms with van der Waals surface area (Å²) in [5, 5.41) is 2.98. The third-order valence-corrected chi connectivity index (χ3v) is 5.56. The van der Waals surface area contributed by atoms with Crippen molar-refractivity contribution in [3.05, 3.63) is 71.3 Å². The molecule has 4 rings (SSSR count). The van der Waals surface area contributed by atoms with Gasteiger partial charge in [-0.05, 0) is 61.0 Å². The summed E-state index contributed by atoms with van der Waals surface area (Å²) >= 11 is 0. The Morgan fingerprint density at radius 2 is 1.85 bits per heavy atom. The van der Waals surface area contributed by atoms with Crippen molar-refractivity contribution in [2.75, 3.05) is 25.0 Å². The molecule has 2 aliphatic heterocycles. The molecule has 0 unspecified atom stereocenters. The summed E-state index contributed by atoms with van der Waals surface area (Å²) in [6.07, 6.45) is 8.34. The summed E-state index contributed by atoms with van der Waals surface area (Å²) in [4.78, 5) is 14.1. The van der Waals surface area contributed by atoms with Crippen LogP contribution in [0.1, 0.15) is 41.9 Å². The van der Waals surface area contributed by atoms with Gasteiger partial charge in [0.2, 0.25) is 5.91 Å². The van der Waals surface area contributed by atoms with Crippen molar-refractivity contribution in [1.82, 2.24) is 4.90 Å². The third-order valence-electron chi connectivity index (χ3n) is 5.56. The lowest BCUT2D eigenvalue weighted by molar-refractivity contribution is -0.116. The van der Waals surface area contributed by atoms with Gasteiger partial charge in [-0.2, -0.15) is 0 Å². The first-order valence-electron chi connectivity index (χ1n) is 9.64.